The van der Waals surface area contributed by atoms with Crippen molar-refractivity contribution in [2.45, 2.75) is 38.1 Å². The van der Waals surface area contributed by atoms with Crippen LogP contribution in [0.15, 0.2) is 30.3 Å². The molecule has 106 valence electrons. The highest BCUT2D eigenvalue weighted by atomic mass is 16.5. The standard InChI is InChI=1S/C16H21N3O/c1-20-15-10-6-5-9-13(15)14-11-16(17)19(18-14)12-7-3-2-4-8-12/h5-6,9-12H,2-4,7-8,17H2,1H3. The van der Waals surface area contributed by atoms with E-state index < -0.39 is 0 Å². The number of methoxy groups -OCH3 is 1. The Kier molecular flexibility index (Phi) is 3.63. The van der Waals surface area contributed by atoms with Crippen molar-refractivity contribution in [3.8, 4) is 17.0 Å². The number of hydrogen-bond acceptors (Lipinski definition) is 3. The summed E-state index contributed by atoms with van der Waals surface area (Å²) in [5.74, 6) is 1.58. The second kappa shape index (κ2) is 5.57. The number of rotatable bonds is 3. The first kappa shape index (κ1) is 13.0. The van der Waals surface area contributed by atoms with Crippen molar-refractivity contribution in [2.75, 3.05) is 12.8 Å². The van der Waals surface area contributed by atoms with Crippen molar-refractivity contribution in [1.82, 2.24) is 9.78 Å². The monoisotopic (exact) mass is 271 g/mol. The average Bonchev–Trinajstić information content (AvgIpc) is 2.90. The van der Waals surface area contributed by atoms with Crippen LogP contribution in [0.2, 0.25) is 0 Å². The summed E-state index contributed by atoms with van der Waals surface area (Å²) < 4.78 is 7.41. The molecule has 1 aliphatic carbocycles. The van der Waals surface area contributed by atoms with Gasteiger partial charge in [-0.15, -0.1) is 0 Å². The molecule has 1 aromatic heterocycles. The van der Waals surface area contributed by atoms with Crippen LogP contribution >= 0.6 is 0 Å². The number of nitrogens with zero attached hydrogens (tertiary/aromatic N) is 2. The molecule has 0 bridgehead atoms. The highest BCUT2D eigenvalue weighted by Gasteiger charge is 2.20. The molecule has 4 heteroatoms. The molecule has 0 atom stereocenters. The predicted octanol–water partition coefficient (Wildman–Crippen LogP) is 3.65. The van der Waals surface area contributed by atoms with E-state index in [9.17, 15) is 0 Å². The Hall–Kier alpha value is -1.97. The lowest BCUT2D eigenvalue weighted by atomic mass is 9.96. The number of benzene rings is 1. The fourth-order valence-corrected chi connectivity index (χ4v) is 3.01. The van der Waals surface area contributed by atoms with E-state index in [2.05, 4.69) is 0 Å². The first-order chi connectivity index (χ1) is 9.79. The van der Waals surface area contributed by atoms with Crippen molar-refractivity contribution in [3.63, 3.8) is 0 Å². The number of anilines is 1. The Morgan fingerprint density at radius 1 is 1.20 bits per heavy atom. The van der Waals surface area contributed by atoms with Crippen LogP contribution in [0.25, 0.3) is 11.3 Å². The molecule has 3 rings (SSSR count). The van der Waals surface area contributed by atoms with E-state index >= 15 is 0 Å². The fraction of sp³-hybridized carbons (Fsp3) is 0.438. The van der Waals surface area contributed by atoms with E-state index in [-0.39, 0.29) is 0 Å². The van der Waals surface area contributed by atoms with E-state index in [1.54, 1.807) is 7.11 Å². The predicted molar refractivity (Wildman–Crippen MR) is 80.7 cm³/mol. The summed E-state index contributed by atoms with van der Waals surface area (Å²) in [4.78, 5) is 0. The number of ether oxygens (including phenoxy) is 1. The van der Waals surface area contributed by atoms with Crippen LogP contribution in [0.4, 0.5) is 5.82 Å². The van der Waals surface area contributed by atoms with Crippen LogP contribution in [0.1, 0.15) is 38.1 Å². The molecular formula is C16H21N3O. The quantitative estimate of drug-likeness (QED) is 0.927. The van der Waals surface area contributed by atoms with Crippen molar-refractivity contribution in [2.24, 2.45) is 0 Å². The van der Waals surface area contributed by atoms with Crippen molar-refractivity contribution in [1.29, 1.82) is 0 Å². The number of nitrogen functional groups attached to an aromatic ring is 1. The van der Waals surface area contributed by atoms with Crippen LogP contribution in [-0.2, 0) is 0 Å². The molecule has 1 saturated carbocycles. The van der Waals surface area contributed by atoms with Gasteiger partial charge in [-0.2, -0.15) is 5.10 Å². The van der Waals surface area contributed by atoms with Crippen molar-refractivity contribution in [3.05, 3.63) is 30.3 Å². The van der Waals surface area contributed by atoms with Gasteiger partial charge in [-0.25, -0.2) is 4.68 Å². The zero-order valence-electron chi connectivity index (χ0n) is 11.9. The molecule has 2 N–H and O–H groups in total. The minimum absolute atomic E-state index is 0.451. The lowest BCUT2D eigenvalue weighted by molar-refractivity contribution is 0.333. The summed E-state index contributed by atoms with van der Waals surface area (Å²) >= 11 is 0. The summed E-state index contributed by atoms with van der Waals surface area (Å²) in [6, 6.07) is 10.3. The van der Waals surface area contributed by atoms with Crippen LogP contribution in [-0.4, -0.2) is 16.9 Å². The minimum atomic E-state index is 0.451. The summed E-state index contributed by atoms with van der Waals surface area (Å²) in [5.41, 5.74) is 8.05. The smallest absolute Gasteiger partial charge is 0.128 e. The maximum Gasteiger partial charge on any atom is 0.128 e. The molecule has 0 amide bonds. The van der Waals surface area contributed by atoms with Crippen molar-refractivity contribution < 1.29 is 4.74 Å². The van der Waals surface area contributed by atoms with E-state index in [0.717, 1.165) is 22.8 Å². The van der Waals surface area contributed by atoms with Gasteiger partial charge in [0, 0.05) is 11.6 Å². The molecule has 4 nitrogen and oxygen atoms in total. The fourth-order valence-electron chi connectivity index (χ4n) is 3.01. The third-order valence-electron chi connectivity index (χ3n) is 4.07. The Labute approximate surface area is 119 Å². The maximum absolute atomic E-state index is 6.16. The summed E-state index contributed by atoms with van der Waals surface area (Å²) in [7, 11) is 1.68. The van der Waals surface area contributed by atoms with Gasteiger partial charge in [0.15, 0.2) is 0 Å². The first-order valence-electron chi connectivity index (χ1n) is 7.28. The Balaban J connectivity index is 1.95. The minimum Gasteiger partial charge on any atom is -0.496 e. The number of aromatic nitrogens is 2. The van der Waals surface area contributed by atoms with Gasteiger partial charge in [0.1, 0.15) is 11.6 Å². The van der Waals surface area contributed by atoms with E-state index in [0.29, 0.717) is 6.04 Å². The van der Waals surface area contributed by atoms with Crippen LogP contribution < -0.4 is 10.5 Å². The first-order valence-corrected chi connectivity index (χ1v) is 7.28. The SMILES string of the molecule is COc1ccccc1-c1cc(N)n(C2CCCCC2)n1. The van der Waals surface area contributed by atoms with E-state index in [4.69, 9.17) is 15.6 Å². The van der Waals surface area contributed by atoms with Gasteiger partial charge in [0.25, 0.3) is 0 Å². The zero-order valence-corrected chi connectivity index (χ0v) is 11.9. The highest BCUT2D eigenvalue weighted by molar-refractivity contribution is 5.69. The maximum atomic E-state index is 6.16. The Morgan fingerprint density at radius 2 is 1.95 bits per heavy atom. The number of para-hydroxylation sites is 1. The third kappa shape index (κ3) is 2.38. The summed E-state index contributed by atoms with van der Waals surface area (Å²) in [6.07, 6.45) is 6.23. The van der Waals surface area contributed by atoms with Gasteiger partial charge in [-0.3, -0.25) is 0 Å². The lowest BCUT2D eigenvalue weighted by Crippen LogP contribution is -2.16. The number of hydrogen-bond donors (Lipinski definition) is 1. The largest absolute Gasteiger partial charge is 0.496 e. The zero-order chi connectivity index (χ0) is 13.9. The summed E-state index contributed by atoms with van der Waals surface area (Å²) in [5, 5.41) is 4.72. The molecule has 0 aliphatic heterocycles. The number of nitrogens with two attached hydrogens (primary N) is 1. The third-order valence-corrected chi connectivity index (χ3v) is 4.07. The van der Waals surface area contributed by atoms with Gasteiger partial charge in [0.05, 0.1) is 18.8 Å². The van der Waals surface area contributed by atoms with Gasteiger partial charge < -0.3 is 10.5 Å². The second-order valence-corrected chi connectivity index (χ2v) is 5.39. The lowest BCUT2D eigenvalue weighted by Gasteiger charge is -2.22. The molecule has 0 unspecified atom stereocenters. The van der Waals surface area contributed by atoms with Gasteiger partial charge in [-0.05, 0) is 25.0 Å². The van der Waals surface area contributed by atoms with Crippen LogP contribution in [0, 0.1) is 0 Å². The molecule has 1 aliphatic rings. The second-order valence-electron chi connectivity index (χ2n) is 5.39. The van der Waals surface area contributed by atoms with Gasteiger partial charge in [0.2, 0.25) is 0 Å². The molecular weight excluding hydrogens is 250 g/mol. The topological polar surface area (TPSA) is 53.1 Å². The Morgan fingerprint density at radius 3 is 2.70 bits per heavy atom. The Bertz CT molecular complexity index is 585. The van der Waals surface area contributed by atoms with Gasteiger partial charge in [-0.1, -0.05) is 31.4 Å². The van der Waals surface area contributed by atoms with Crippen LogP contribution in [0.3, 0.4) is 0 Å². The molecule has 2 aromatic rings. The summed E-state index contributed by atoms with van der Waals surface area (Å²) in [6.45, 7) is 0. The molecule has 20 heavy (non-hydrogen) atoms. The van der Waals surface area contributed by atoms with Gasteiger partial charge >= 0.3 is 0 Å². The molecule has 0 radical (unpaired) electrons. The van der Waals surface area contributed by atoms with E-state index in [1.165, 1.54) is 32.1 Å². The van der Waals surface area contributed by atoms with E-state index in [1.807, 2.05) is 35.0 Å². The van der Waals surface area contributed by atoms with Crippen LogP contribution in [0.5, 0.6) is 5.75 Å². The molecule has 0 saturated heterocycles. The normalized spacial score (nSPS) is 16.2. The average molecular weight is 271 g/mol. The molecule has 1 aromatic carbocycles. The molecule has 1 heterocycles. The molecule has 1 fully saturated rings. The highest BCUT2D eigenvalue weighted by Crippen LogP contribution is 2.34. The molecule has 0 spiro atoms. The van der Waals surface area contributed by atoms with Crippen molar-refractivity contribution >= 4 is 5.82 Å².